The number of nitrogens with zero attached hydrogens (tertiary/aromatic N) is 2. The van der Waals surface area contributed by atoms with Crippen LogP contribution in [0.5, 0.6) is 5.75 Å². The van der Waals surface area contributed by atoms with Gasteiger partial charge in [-0.1, -0.05) is 12.1 Å². The number of hydrogen-bond acceptors (Lipinski definition) is 3. The quantitative estimate of drug-likeness (QED) is 0.863. The smallest absolute Gasteiger partial charge is 0.118 e. The van der Waals surface area contributed by atoms with Crippen molar-refractivity contribution < 1.29 is 4.74 Å². The van der Waals surface area contributed by atoms with Gasteiger partial charge in [0.15, 0.2) is 0 Å². The van der Waals surface area contributed by atoms with Crippen LogP contribution >= 0.6 is 0 Å². The third-order valence-electron chi connectivity index (χ3n) is 3.11. The molecular formula is C15H21N3O. The van der Waals surface area contributed by atoms with Crippen LogP contribution in [0.1, 0.15) is 18.3 Å². The van der Waals surface area contributed by atoms with Crippen LogP contribution in [0.4, 0.5) is 0 Å². The Morgan fingerprint density at radius 3 is 2.68 bits per heavy atom. The summed E-state index contributed by atoms with van der Waals surface area (Å²) in [4.78, 5) is 4.36. The number of hydrogen-bond donors (Lipinski definition) is 1. The summed E-state index contributed by atoms with van der Waals surface area (Å²) in [5.41, 5.74) is 7.12. The van der Waals surface area contributed by atoms with Crippen molar-refractivity contribution in [2.24, 2.45) is 5.73 Å². The molecule has 2 aromatic rings. The molecule has 1 unspecified atom stereocenters. The molecule has 2 N–H and O–H groups in total. The second kappa shape index (κ2) is 6.38. The number of ether oxygens (including phenoxy) is 1. The van der Waals surface area contributed by atoms with Gasteiger partial charge in [0.2, 0.25) is 0 Å². The van der Waals surface area contributed by atoms with E-state index in [1.54, 1.807) is 7.11 Å². The summed E-state index contributed by atoms with van der Waals surface area (Å²) in [6.45, 7) is 2.93. The van der Waals surface area contributed by atoms with Gasteiger partial charge in [-0.3, -0.25) is 0 Å². The second-order valence-corrected chi connectivity index (χ2v) is 4.82. The first-order valence-corrected chi connectivity index (χ1v) is 6.57. The van der Waals surface area contributed by atoms with E-state index < -0.39 is 0 Å². The lowest BCUT2D eigenvalue weighted by molar-refractivity contribution is 0.414. The van der Waals surface area contributed by atoms with Crippen LogP contribution in [0.15, 0.2) is 36.7 Å². The fourth-order valence-corrected chi connectivity index (χ4v) is 2.06. The van der Waals surface area contributed by atoms with E-state index in [4.69, 9.17) is 10.5 Å². The van der Waals surface area contributed by atoms with Crippen LogP contribution in [0, 0.1) is 0 Å². The van der Waals surface area contributed by atoms with E-state index in [1.807, 2.05) is 31.5 Å². The molecule has 0 aliphatic heterocycles. The van der Waals surface area contributed by atoms with Crippen molar-refractivity contribution in [3.8, 4) is 5.75 Å². The van der Waals surface area contributed by atoms with Gasteiger partial charge in [-0.25, -0.2) is 4.98 Å². The Kier molecular flexibility index (Phi) is 4.58. The molecule has 1 atom stereocenters. The third-order valence-corrected chi connectivity index (χ3v) is 3.11. The number of imidazole rings is 1. The number of rotatable bonds is 6. The molecule has 0 bridgehead atoms. The molecule has 1 aromatic heterocycles. The number of nitrogens with two attached hydrogens (primary N) is 1. The molecule has 1 heterocycles. The average molecular weight is 259 g/mol. The minimum absolute atomic E-state index is 0.141. The number of benzene rings is 1. The van der Waals surface area contributed by atoms with Crippen LogP contribution in [0.2, 0.25) is 0 Å². The zero-order valence-corrected chi connectivity index (χ0v) is 11.5. The Bertz CT molecular complexity index is 502. The first-order valence-electron chi connectivity index (χ1n) is 6.57. The van der Waals surface area contributed by atoms with E-state index in [1.165, 1.54) is 5.56 Å². The van der Waals surface area contributed by atoms with Gasteiger partial charge >= 0.3 is 0 Å². The summed E-state index contributed by atoms with van der Waals surface area (Å²) in [5.74, 6) is 1.95. The van der Waals surface area contributed by atoms with Gasteiger partial charge in [0, 0.05) is 31.4 Å². The zero-order valence-electron chi connectivity index (χ0n) is 11.5. The SMILES string of the molecule is COc1ccc(CCn2ccnc2CC(C)N)cc1. The Hall–Kier alpha value is -1.81. The average Bonchev–Trinajstić information content (AvgIpc) is 2.83. The highest BCUT2D eigenvalue weighted by atomic mass is 16.5. The van der Waals surface area contributed by atoms with Crippen LogP contribution < -0.4 is 10.5 Å². The van der Waals surface area contributed by atoms with Crippen molar-refractivity contribution in [3.05, 3.63) is 48.0 Å². The first-order chi connectivity index (χ1) is 9.19. The van der Waals surface area contributed by atoms with Gasteiger partial charge in [0.25, 0.3) is 0 Å². The van der Waals surface area contributed by atoms with E-state index in [0.29, 0.717) is 0 Å². The molecule has 0 aliphatic carbocycles. The maximum Gasteiger partial charge on any atom is 0.118 e. The van der Waals surface area contributed by atoms with Crippen molar-refractivity contribution in [1.29, 1.82) is 0 Å². The summed E-state index contributed by atoms with van der Waals surface area (Å²) in [6, 6.07) is 8.32. The molecule has 0 aliphatic rings. The summed E-state index contributed by atoms with van der Waals surface area (Å²) in [6.07, 6.45) is 5.65. The van der Waals surface area contributed by atoms with Crippen molar-refractivity contribution in [2.45, 2.75) is 32.4 Å². The Labute approximate surface area is 114 Å². The van der Waals surface area contributed by atoms with E-state index in [9.17, 15) is 0 Å². The fourth-order valence-electron chi connectivity index (χ4n) is 2.06. The molecule has 0 saturated heterocycles. The molecule has 102 valence electrons. The van der Waals surface area contributed by atoms with Crippen LogP contribution in [-0.4, -0.2) is 22.7 Å². The maximum atomic E-state index is 5.82. The molecule has 4 nitrogen and oxygen atoms in total. The van der Waals surface area contributed by atoms with E-state index >= 15 is 0 Å². The molecule has 0 amide bonds. The lowest BCUT2D eigenvalue weighted by Gasteiger charge is -2.10. The third kappa shape index (κ3) is 3.83. The monoisotopic (exact) mass is 259 g/mol. The molecule has 19 heavy (non-hydrogen) atoms. The van der Waals surface area contributed by atoms with Crippen LogP contribution in [0.3, 0.4) is 0 Å². The maximum absolute atomic E-state index is 5.82. The van der Waals surface area contributed by atoms with E-state index in [-0.39, 0.29) is 6.04 Å². The topological polar surface area (TPSA) is 53.1 Å². The van der Waals surface area contributed by atoms with E-state index in [0.717, 1.165) is 31.0 Å². The van der Waals surface area contributed by atoms with Gasteiger partial charge in [-0.2, -0.15) is 0 Å². The molecule has 4 heteroatoms. The highest BCUT2D eigenvalue weighted by Crippen LogP contribution is 2.12. The predicted octanol–water partition coefficient (Wildman–Crippen LogP) is 2.02. The van der Waals surface area contributed by atoms with Crippen molar-refractivity contribution in [2.75, 3.05) is 7.11 Å². The number of aryl methyl sites for hydroxylation is 2. The lowest BCUT2D eigenvalue weighted by Crippen LogP contribution is -2.20. The fraction of sp³-hybridized carbons (Fsp3) is 0.400. The van der Waals surface area contributed by atoms with Gasteiger partial charge in [-0.05, 0) is 31.0 Å². The number of methoxy groups -OCH3 is 1. The minimum Gasteiger partial charge on any atom is -0.497 e. The van der Waals surface area contributed by atoms with Crippen molar-refractivity contribution >= 4 is 0 Å². The van der Waals surface area contributed by atoms with Gasteiger partial charge in [-0.15, -0.1) is 0 Å². The predicted molar refractivity (Wildman–Crippen MR) is 76.3 cm³/mol. The first kappa shape index (κ1) is 13.6. The largest absolute Gasteiger partial charge is 0.497 e. The summed E-state index contributed by atoms with van der Waals surface area (Å²) >= 11 is 0. The zero-order chi connectivity index (χ0) is 13.7. The van der Waals surface area contributed by atoms with E-state index in [2.05, 4.69) is 21.7 Å². The minimum atomic E-state index is 0.141. The summed E-state index contributed by atoms with van der Waals surface area (Å²) < 4.78 is 7.33. The van der Waals surface area contributed by atoms with Crippen molar-refractivity contribution in [3.63, 3.8) is 0 Å². The molecule has 0 saturated carbocycles. The molecule has 2 rings (SSSR count). The Balaban J connectivity index is 1.96. The van der Waals surface area contributed by atoms with Gasteiger partial charge < -0.3 is 15.0 Å². The van der Waals surface area contributed by atoms with Crippen molar-refractivity contribution in [1.82, 2.24) is 9.55 Å². The standard InChI is InChI=1S/C15H21N3O/c1-12(16)11-15-17-8-10-18(15)9-7-13-3-5-14(19-2)6-4-13/h3-6,8,10,12H,7,9,11,16H2,1-2H3. The Morgan fingerprint density at radius 1 is 1.32 bits per heavy atom. The molecular weight excluding hydrogens is 238 g/mol. The number of aromatic nitrogens is 2. The normalized spacial score (nSPS) is 12.4. The Morgan fingerprint density at radius 2 is 2.05 bits per heavy atom. The van der Waals surface area contributed by atoms with Gasteiger partial charge in [0.1, 0.15) is 11.6 Å². The lowest BCUT2D eigenvalue weighted by atomic mass is 10.1. The molecule has 0 radical (unpaired) electrons. The molecule has 0 fully saturated rings. The molecule has 0 spiro atoms. The summed E-state index contributed by atoms with van der Waals surface area (Å²) in [7, 11) is 1.68. The second-order valence-electron chi connectivity index (χ2n) is 4.82. The van der Waals surface area contributed by atoms with Crippen LogP contribution in [-0.2, 0) is 19.4 Å². The molecule has 1 aromatic carbocycles. The van der Waals surface area contributed by atoms with Gasteiger partial charge in [0.05, 0.1) is 7.11 Å². The summed E-state index contributed by atoms with van der Waals surface area (Å²) in [5, 5.41) is 0. The highest BCUT2D eigenvalue weighted by molar-refractivity contribution is 5.27. The van der Waals surface area contributed by atoms with Crippen LogP contribution in [0.25, 0.3) is 0 Å². The highest BCUT2D eigenvalue weighted by Gasteiger charge is 2.05.